The fourth-order valence-electron chi connectivity index (χ4n) is 2.37. The van der Waals surface area contributed by atoms with E-state index in [0.29, 0.717) is 24.6 Å². The second kappa shape index (κ2) is 5.03. The van der Waals surface area contributed by atoms with Crippen molar-refractivity contribution in [1.82, 2.24) is 20.8 Å². The summed E-state index contributed by atoms with van der Waals surface area (Å²) in [7, 11) is 0. The van der Waals surface area contributed by atoms with E-state index in [1.54, 1.807) is 6.07 Å². The van der Waals surface area contributed by atoms with Crippen molar-refractivity contribution in [1.29, 1.82) is 0 Å². The van der Waals surface area contributed by atoms with E-state index in [-0.39, 0.29) is 11.8 Å². The lowest BCUT2D eigenvalue weighted by Crippen LogP contribution is -2.45. The molecular weight excluding hydrogens is 244 g/mol. The Bertz CT molecular complexity index is 493. The number of carbonyl (C=O) groups excluding carboxylic acids is 2. The zero-order chi connectivity index (χ0) is 13.2. The van der Waals surface area contributed by atoms with Crippen molar-refractivity contribution in [3.8, 4) is 0 Å². The van der Waals surface area contributed by atoms with Crippen LogP contribution in [0.5, 0.6) is 0 Å². The third-order valence-electron chi connectivity index (χ3n) is 3.69. The number of nitrogens with one attached hydrogen (secondary N) is 3. The fraction of sp³-hybridized carbons (Fsp3) is 0.615. The molecule has 1 aromatic heterocycles. The summed E-state index contributed by atoms with van der Waals surface area (Å²) in [5.41, 5.74) is 1.40. The monoisotopic (exact) mass is 262 g/mol. The van der Waals surface area contributed by atoms with Gasteiger partial charge in [0.2, 0.25) is 5.91 Å². The Morgan fingerprint density at radius 3 is 2.95 bits per heavy atom. The lowest BCUT2D eigenvalue weighted by Gasteiger charge is -2.13. The van der Waals surface area contributed by atoms with Crippen LogP contribution in [0, 0.1) is 0 Å². The van der Waals surface area contributed by atoms with E-state index in [2.05, 4.69) is 20.8 Å². The predicted molar refractivity (Wildman–Crippen MR) is 68.7 cm³/mol. The van der Waals surface area contributed by atoms with Crippen LogP contribution < -0.4 is 10.6 Å². The molecule has 2 aliphatic rings. The summed E-state index contributed by atoms with van der Waals surface area (Å²) in [5.74, 6) is 0.171. The molecule has 1 saturated carbocycles. The molecule has 2 heterocycles. The van der Waals surface area contributed by atoms with Crippen LogP contribution in [0.15, 0.2) is 6.07 Å². The second-order valence-electron chi connectivity index (χ2n) is 5.30. The number of amides is 2. The summed E-state index contributed by atoms with van der Waals surface area (Å²) in [6.07, 6.45) is 4.92. The number of rotatable bonds is 3. The minimum Gasteiger partial charge on any atom is -0.354 e. The van der Waals surface area contributed by atoms with Crippen LogP contribution in [0.2, 0.25) is 0 Å². The maximum absolute atomic E-state index is 12.1. The molecule has 0 spiro atoms. The highest BCUT2D eigenvalue weighted by Gasteiger charge is 2.28. The maximum atomic E-state index is 12.1. The number of carbonyl (C=O) groups is 2. The van der Waals surface area contributed by atoms with Gasteiger partial charge in [-0.1, -0.05) is 0 Å². The van der Waals surface area contributed by atoms with Crippen molar-refractivity contribution in [3.05, 3.63) is 17.5 Å². The van der Waals surface area contributed by atoms with Crippen LogP contribution in [0.1, 0.15) is 54.2 Å². The number of aromatic nitrogens is 2. The summed E-state index contributed by atoms with van der Waals surface area (Å²) < 4.78 is 0. The van der Waals surface area contributed by atoms with Crippen molar-refractivity contribution < 1.29 is 9.59 Å². The zero-order valence-corrected chi connectivity index (χ0v) is 10.7. The van der Waals surface area contributed by atoms with Crippen LogP contribution >= 0.6 is 0 Å². The van der Waals surface area contributed by atoms with Gasteiger partial charge < -0.3 is 10.6 Å². The molecule has 0 bridgehead atoms. The number of hydrogen-bond acceptors (Lipinski definition) is 3. The second-order valence-corrected chi connectivity index (χ2v) is 5.30. The van der Waals surface area contributed by atoms with Crippen LogP contribution in [0.3, 0.4) is 0 Å². The molecular formula is C13H18N4O2. The van der Waals surface area contributed by atoms with Crippen LogP contribution in [0.25, 0.3) is 0 Å². The normalized spacial score (nSPS) is 23.6. The van der Waals surface area contributed by atoms with Gasteiger partial charge in [0, 0.05) is 18.2 Å². The van der Waals surface area contributed by atoms with E-state index in [0.717, 1.165) is 31.4 Å². The van der Waals surface area contributed by atoms with Gasteiger partial charge in [-0.2, -0.15) is 5.10 Å². The molecule has 0 unspecified atom stereocenters. The average molecular weight is 262 g/mol. The molecule has 0 aromatic carbocycles. The van der Waals surface area contributed by atoms with Gasteiger partial charge in [-0.25, -0.2) is 0 Å². The van der Waals surface area contributed by atoms with Crippen molar-refractivity contribution in [3.63, 3.8) is 0 Å². The SMILES string of the molecule is O=C(N[C@H]1CCCCNC1=O)c1cc(C2CC2)[nH]n1. The quantitative estimate of drug-likeness (QED) is 0.749. The molecule has 3 N–H and O–H groups in total. The Morgan fingerprint density at radius 1 is 1.32 bits per heavy atom. The maximum Gasteiger partial charge on any atom is 0.272 e. The number of aromatic amines is 1. The summed E-state index contributed by atoms with van der Waals surface area (Å²) >= 11 is 0. The molecule has 6 nitrogen and oxygen atoms in total. The zero-order valence-electron chi connectivity index (χ0n) is 10.7. The molecule has 19 heavy (non-hydrogen) atoms. The topological polar surface area (TPSA) is 86.9 Å². The van der Waals surface area contributed by atoms with Gasteiger partial charge in [0.05, 0.1) is 0 Å². The first-order valence-electron chi connectivity index (χ1n) is 6.88. The first-order valence-corrected chi connectivity index (χ1v) is 6.88. The number of nitrogens with zero attached hydrogens (tertiary/aromatic N) is 1. The Balaban J connectivity index is 1.63. The number of H-pyrrole nitrogens is 1. The van der Waals surface area contributed by atoms with Gasteiger partial charge >= 0.3 is 0 Å². The minimum atomic E-state index is -0.434. The summed E-state index contributed by atoms with van der Waals surface area (Å²) in [4.78, 5) is 23.8. The van der Waals surface area contributed by atoms with Crippen LogP contribution in [-0.4, -0.2) is 34.6 Å². The third kappa shape index (κ3) is 2.77. The molecule has 1 aromatic rings. The molecule has 0 radical (unpaired) electrons. The van der Waals surface area contributed by atoms with Crippen molar-refractivity contribution in [2.45, 2.75) is 44.1 Å². The highest BCUT2D eigenvalue weighted by atomic mass is 16.2. The minimum absolute atomic E-state index is 0.0937. The van der Waals surface area contributed by atoms with Gasteiger partial charge in [-0.15, -0.1) is 0 Å². The molecule has 1 aliphatic heterocycles. The highest BCUT2D eigenvalue weighted by Crippen LogP contribution is 2.38. The fourth-order valence-corrected chi connectivity index (χ4v) is 2.37. The summed E-state index contributed by atoms with van der Waals surface area (Å²) in [6, 6.07) is 1.36. The first-order chi connectivity index (χ1) is 9.24. The highest BCUT2D eigenvalue weighted by molar-refractivity contribution is 5.96. The van der Waals surface area contributed by atoms with E-state index in [4.69, 9.17) is 0 Å². The van der Waals surface area contributed by atoms with Crippen molar-refractivity contribution in [2.75, 3.05) is 6.54 Å². The molecule has 1 atom stereocenters. The van der Waals surface area contributed by atoms with E-state index >= 15 is 0 Å². The molecule has 3 rings (SSSR count). The Kier molecular flexibility index (Phi) is 3.23. The smallest absolute Gasteiger partial charge is 0.272 e. The van der Waals surface area contributed by atoms with Crippen LogP contribution in [-0.2, 0) is 4.79 Å². The van der Waals surface area contributed by atoms with E-state index < -0.39 is 6.04 Å². The van der Waals surface area contributed by atoms with E-state index in [1.807, 2.05) is 0 Å². The predicted octanol–water partition coefficient (Wildman–Crippen LogP) is 0.686. The van der Waals surface area contributed by atoms with Gasteiger partial charge in [0.1, 0.15) is 11.7 Å². The summed E-state index contributed by atoms with van der Waals surface area (Å²) in [6.45, 7) is 0.694. The van der Waals surface area contributed by atoms with E-state index in [1.165, 1.54) is 0 Å². The van der Waals surface area contributed by atoms with Gasteiger partial charge in [0.25, 0.3) is 5.91 Å². The van der Waals surface area contributed by atoms with Crippen molar-refractivity contribution in [2.24, 2.45) is 0 Å². The molecule has 1 aliphatic carbocycles. The van der Waals surface area contributed by atoms with Crippen molar-refractivity contribution >= 4 is 11.8 Å². The van der Waals surface area contributed by atoms with Gasteiger partial charge in [-0.05, 0) is 38.2 Å². The standard InChI is InChI=1S/C13H18N4O2/c18-12-9(3-1-2-6-14-12)15-13(19)11-7-10(16-17-11)8-4-5-8/h7-9H,1-6H2,(H,14,18)(H,15,19)(H,16,17)/t9-/m0/s1. The molecule has 2 amide bonds. The lowest BCUT2D eigenvalue weighted by atomic mass is 10.1. The van der Waals surface area contributed by atoms with Crippen LogP contribution in [0.4, 0.5) is 0 Å². The third-order valence-corrected chi connectivity index (χ3v) is 3.69. The Morgan fingerprint density at radius 2 is 2.16 bits per heavy atom. The summed E-state index contributed by atoms with van der Waals surface area (Å²) in [5, 5.41) is 12.5. The average Bonchev–Trinajstić information content (AvgIpc) is 3.17. The molecule has 102 valence electrons. The Hall–Kier alpha value is -1.85. The largest absolute Gasteiger partial charge is 0.354 e. The molecule has 6 heteroatoms. The molecule has 2 fully saturated rings. The molecule has 1 saturated heterocycles. The lowest BCUT2D eigenvalue weighted by molar-refractivity contribution is -0.122. The van der Waals surface area contributed by atoms with Gasteiger partial charge in [0.15, 0.2) is 0 Å². The van der Waals surface area contributed by atoms with Gasteiger partial charge in [-0.3, -0.25) is 14.7 Å². The Labute approximate surface area is 111 Å². The number of hydrogen-bond donors (Lipinski definition) is 3. The van der Waals surface area contributed by atoms with E-state index in [9.17, 15) is 9.59 Å². The first kappa shape index (κ1) is 12.2.